The first-order valence-electron chi connectivity index (χ1n) is 9.71. The van der Waals surface area contributed by atoms with Crippen LogP contribution in [0.1, 0.15) is 41.5 Å². The summed E-state index contributed by atoms with van der Waals surface area (Å²) in [6, 6.07) is -1.10. The van der Waals surface area contributed by atoms with Crippen LogP contribution in [-0.4, -0.2) is 68.2 Å². The fourth-order valence-corrected chi connectivity index (χ4v) is 2.45. The van der Waals surface area contributed by atoms with Gasteiger partial charge in [0.2, 0.25) is 17.5 Å². The van der Waals surface area contributed by atoms with E-state index in [2.05, 4.69) is 10.6 Å². The van der Waals surface area contributed by atoms with Gasteiger partial charge in [-0.05, 0) is 41.5 Å². The van der Waals surface area contributed by atoms with Gasteiger partial charge in [0.15, 0.2) is 11.5 Å². The molecule has 0 saturated carbocycles. The minimum Gasteiger partial charge on any atom is -0.492 e. The van der Waals surface area contributed by atoms with Gasteiger partial charge >= 0.3 is 6.09 Å². The van der Waals surface area contributed by atoms with E-state index >= 15 is 0 Å². The highest BCUT2D eigenvalue weighted by molar-refractivity contribution is 6.21. The number of hydrogen-bond donors (Lipinski definition) is 2. The largest absolute Gasteiger partial charge is 0.492 e. The van der Waals surface area contributed by atoms with Gasteiger partial charge in [0.1, 0.15) is 11.6 Å². The number of rotatable bonds is 8. The molecule has 10 nitrogen and oxygen atoms in total. The number of carbonyl (C=O) groups is 4. The molecule has 1 atom stereocenters. The van der Waals surface area contributed by atoms with Crippen molar-refractivity contribution < 1.29 is 38.1 Å². The lowest BCUT2D eigenvalue weighted by molar-refractivity contribution is -0.126. The lowest BCUT2D eigenvalue weighted by Crippen LogP contribution is -2.52. The van der Waals surface area contributed by atoms with Gasteiger partial charge in [0.05, 0.1) is 38.5 Å². The Morgan fingerprint density at radius 1 is 1.00 bits per heavy atom. The SMILES string of the molecule is COC1=CC(=O)C(OC)=C(CNC(=O)[C@H](COC(C)(C)C)NC(=O)OC(C)(C)C)C1=O. The molecule has 174 valence electrons. The van der Waals surface area contributed by atoms with Crippen molar-refractivity contribution in [3.05, 3.63) is 23.2 Å². The molecule has 0 spiro atoms. The zero-order chi connectivity index (χ0) is 24.0. The van der Waals surface area contributed by atoms with Crippen molar-refractivity contribution in [2.24, 2.45) is 0 Å². The molecule has 1 rings (SSSR count). The lowest BCUT2D eigenvalue weighted by atomic mass is 9.99. The highest BCUT2D eigenvalue weighted by Crippen LogP contribution is 2.20. The molecule has 0 aliphatic heterocycles. The summed E-state index contributed by atoms with van der Waals surface area (Å²) in [6.07, 6.45) is 0.228. The molecule has 0 fully saturated rings. The summed E-state index contributed by atoms with van der Waals surface area (Å²) in [5.41, 5.74) is -1.39. The van der Waals surface area contributed by atoms with Crippen molar-refractivity contribution in [1.82, 2.24) is 10.6 Å². The zero-order valence-corrected chi connectivity index (χ0v) is 19.3. The van der Waals surface area contributed by atoms with E-state index < -0.39 is 40.8 Å². The highest BCUT2D eigenvalue weighted by Gasteiger charge is 2.32. The molecule has 2 N–H and O–H groups in total. The van der Waals surface area contributed by atoms with Gasteiger partial charge < -0.3 is 29.6 Å². The Kier molecular flexibility index (Phi) is 8.80. The molecule has 0 radical (unpaired) electrons. The third-order valence-electron chi connectivity index (χ3n) is 3.81. The third-order valence-corrected chi connectivity index (χ3v) is 3.81. The van der Waals surface area contributed by atoms with Gasteiger partial charge in [-0.1, -0.05) is 0 Å². The number of allylic oxidation sites excluding steroid dienone is 2. The normalized spacial score (nSPS) is 15.8. The third kappa shape index (κ3) is 8.41. The minimum atomic E-state index is -1.10. The summed E-state index contributed by atoms with van der Waals surface area (Å²) in [7, 11) is 2.51. The Morgan fingerprint density at radius 3 is 2.10 bits per heavy atom. The van der Waals surface area contributed by atoms with Gasteiger partial charge in [-0.15, -0.1) is 0 Å². The Bertz CT molecular complexity index is 784. The van der Waals surface area contributed by atoms with Crippen LogP contribution in [0.5, 0.6) is 0 Å². The molecule has 31 heavy (non-hydrogen) atoms. The van der Waals surface area contributed by atoms with Crippen LogP contribution in [-0.2, 0) is 33.3 Å². The molecule has 1 aliphatic rings. The molecular formula is C21H32N2O8. The number of ketones is 2. The Hall–Kier alpha value is -2.88. The first kappa shape index (κ1) is 26.2. The van der Waals surface area contributed by atoms with E-state index in [0.29, 0.717) is 0 Å². The molecule has 0 saturated heterocycles. The summed E-state index contributed by atoms with van der Waals surface area (Å²) in [4.78, 5) is 49.5. The maximum atomic E-state index is 12.8. The Labute approximate surface area is 182 Å². The quantitative estimate of drug-likeness (QED) is 0.542. The predicted octanol–water partition coefficient (Wildman–Crippen LogP) is 1.39. The van der Waals surface area contributed by atoms with Crippen LogP contribution < -0.4 is 10.6 Å². The van der Waals surface area contributed by atoms with E-state index in [1.807, 2.05) is 0 Å². The molecule has 0 aromatic carbocycles. The second-order valence-corrected chi connectivity index (χ2v) is 8.76. The number of nitrogens with one attached hydrogen (secondary N) is 2. The number of Topliss-reactive ketones (excluding diaryl/α,β-unsaturated/α-hetero) is 1. The maximum Gasteiger partial charge on any atom is 0.408 e. The van der Waals surface area contributed by atoms with Crippen molar-refractivity contribution in [3.63, 3.8) is 0 Å². The number of ether oxygens (including phenoxy) is 4. The standard InChI is InChI=1S/C21H32N2O8/c1-20(2,3)30-11-13(23-19(27)31-21(4,5)6)18(26)22-10-12-16(25)15(28-7)9-14(24)17(12)29-8/h9,13H,10-11H2,1-8H3,(H,22,26)(H,23,27)/t13-/m0/s1. The Balaban J connectivity index is 2.97. The molecule has 0 unspecified atom stereocenters. The van der Waals surface area contributed by atoms with E-state index in [9.17, 15) is 19.2 Å². The van der Waals surface area contributed by atoms with Crippen LogP contribution >= 0.6 is 0 Å². The molecule has 10 heteroatoms. The van der Waals surface area contributed by atoms with E-state index in [4.69, 9.17) is 18.9 Å². The first-order chi connectivity index (χ1) is 14.2. The van der Waals surface area contributed by atoms with Crippen LogP contribution in [0.2, 0.25) is 0 Å². The molecule has 2 amide bonds. The maximum absolute atomic E-state index is 12.8. The van der Waals surface area contributed by atoms with E-state index in [1.54, 1.807) is 41.5 Å². The lowest BCUT2D eigenvalue weighted by Gasteiger charge is -2.26. The molecule has 0 aromatic rings. The predicted molar refractivity (Wildman–Crippen MR) is 111 cm³/mol. The second-order valence-electron chi connectivity index (χ2n) is 8.76. The van der Waals surface area contributed by atoms with Gasteiger partial charge in [-0.3, -0.25) is 14.4 Å². The summed E-state index contributed by atoms with van der Waals surface area (Å²) in [5.74, 6) is -2.11. The van der Waals surface area contributed by atoms with Crippen molar-refractivity contribution >= 4 is 23.6 Å². The average Bonchev–Trinajstić information content (AvgIpc) is 2.62. The van der Waals surface area contributed by atoms with E-state index in [-0.39, 0.29) is 30.2 Å². The molecule has 0 bridgehead atoms. The second kappa shape index (κ2) is 10.4. The van der Waals surface area contributed by atoms with Crippen LogP contribution in [0.15, 0.2) is 23.2 Å². The van der Waals surface area contributed by atoms with Gasteiger partial charge in [0.25, 0.3) is 0 Å². The number of carbonyl (C=O) groups excluding carboxylic acids is 4. The van der Waals surface area contributed by atoms with Crippen molar-refractivity contribution in [2.45, 2.75) is 58.8 Å². The number of alkyl carbamates (subject to hydrolysis) is 1. The summed E-state index contributed by atoms with van der Waals surface area (Å²) < 4.78 is 20.8. The Morgan fingerprint density at radius 2 is 1.61 bits per heavy atom. The fourth-order valence-electron chi connectivity index (χ4n) is 2.45. The first-order valence-corrected chi connectivity index (χ1v) is 9.71. The summed E-state index contributed by atoms with van der Waals surface area (Å²) in [6.45, 7) is 10.0. The van der Waals surface area contributed by atoms with Gasteiger partial charge in [-0.25, -0.2) is 4.79 Å². The van der Waals surface area contributed by atoms with Gasteiger partial charge in [0, 0.05) is 6.08 Å². The van der Waals surface area contributed by atoms with Crippen LogP contribution in [0.3, 0.4) is 0 Å². The van der Waals surface area contributed by atoms with E-state index in [1.165, 1.54) is 14.2 Å². The highest BCUT2D eigenvalue weighted by atomic mass is 16.6. The molecule has 0 heterocycles. The number of hydrogen-bond acceptors (Lipinski definition) is 8. The zero-order valence-electron chi connectivity index (χ0n) is 19.3. The summed E-state index contributed by atoms with van der Waals surface area (Å²) in [5, 5.41) is 5.00. The van der Waals surface area contributed by atoms with Crippen molar-refractivity contribution in [3.8, 4) is 0 Å². The van der Waals surface area contributed by atoms with Gasteiger partial charge in [-0.2, -0.15) is 0 Å². The number of methoxy groups -OCH3 is 2. The smallest absolute Gasteiger partial charge is 0.408 e. The van der Waals surface area contributed by atoms with E-state index in [0.717, 1.165) is 6.08 Å². The molecular weight excluding hydrogens is 408 g/mol. The van der Waals surface area contributed by atoms with Crippen molar-refractivity contribution in [1.29, 1.82) is 0 Å². The molecule has 0 aromatic heterocycles. The van der Waals surface area contributed by atoms with Crippen LogP contribution in [0.25, 0.3) is 0 Å². The minimum absolute atomic E-state index is 0.0621. The monoisotopic (exact) mass is 440 g/mol. The number of amides is 2. The fraction of sp³-hybridized carbons (Fsp3) is 0.619. The van der Waals surface area contributed by atoms with Crippen LogP contribution in [0.4, 0.5) is 4.79 Å². The average molecular weight is 440 g/mol. The van der Waals surface area contributed by atoms with Crippen molar-refractivity contribution in [2.75, 3.05) is 27.4 Å². The summed E-state index contributed by atoms with van der Waals surface area (Å²) >= 11 is 0. The van der Waals surface area contributed by atoms with Crippen LogP contribution in [0, 0.1) is 0 Å². The topological polar surface area (TPSA) is 129 Å². The molecule has 1 aliphatic carbocycles.